The molecule has 0 radical (unpaired) electrons. The van der Waals surface area contributed by atoms with E-state index in [1.807, 2.05) is 36.4 Å². The molecule has 0 bridgehead atoms. The van der Waals surface area contributed by atoms with Gasteiger partial charge in [0.25, 0.3) is 5.56 Å². The Balaban J connectivity index is 1.86. The van der Waals surface area contributed by atoms with E-state index < -0.39 is 0 Å². The van der Waals surface area contributed by atoms with E-state index >= 15 is 0 Å². The van der Waals surface area contributed by atoms with Crippen molar-refractivity contribution in [2.75, 3.05) is 21.3 Å². The van der Waals surface area contributed by atoms with Crippen LogP contribution in [-0.2, 0) is 7.05 Å². The van der Waals surface area contributed by atoms with E-state index in [9.17, 15) is 4.79 Å². The van der Waals surface area contributed by atoms with Crippen LogP contribution in [0.25, 0.3) is 27.8 Å². The Morgan fingerprint density at radius 3 is 2.41 bits per heavy atom. The molecule has 8 nitrogen and oxygen atoms in total. The Hall–Kier alpha value is -3.81. The first-order valence-corrected chi connectivity index (χ1v) is 8.90. The number of methoxy groups -OCH3 is 3. The van der Waals surface area contributed by atoms with Crippen molar-refractivity contribution < 1.29 is 14.2 Å². The predicted molar refractivity (Wildman–Crippen MR) is 109 cm³/mol. The van der Waals surface area contributed by atoms with Crippen molar-refractivity contribution in [1.82, 2.24) is 19.6 Å². The lowest BCUT2D eigenvalue weighted by atomic mass is 10.1. The van der Waals surface area contributed by atoms with E-state index in [1.54, 1.807) is 45.2 Å². The Morgan fingerprint density at radius 1 is 0.931 bits per heavy atom. The van der Waals surface area contributed by atoms with Gasteiger partial charge in [0.2, 0.25) is 5.75 Å². The van der Waals surface area contributed by atoms with Crippen LogP contribution in [0.2, 0.25) is 0 Å². The minimum absolute atomic E-state index is 0.167. The van der Waals surface area contributed by atoms with Crippen LogP contribution in [0.5, 0.6) is 17.2 Å². The molecule has 4 aromatic rings. The molecule has 2 aromatic heterocycles. The molecule has 0 aliphatic heterocycles. The van der Waals surface area contributed by atoms with Crippen LogP contribution in [0.4, 0.5) is 0 Å². The maximum Gasteiger partial charge on any atom is 0.276 e. The molecule has 0 atom stereocenters. The number of hydrogen-bond acceptors (Lipinski definition) is 6. The zero-order chi connectivity index (χ0) is 20.5. The first kappa shape index (κ1) is 18.5. The smallest absolute Gasteiger partial charge is 0.276 e. The summed E-state index contributed by atoms with van der Waals surface area (Å²) in [4.78, 5) is 12.8. The Labute approximate surface area is 166 Å². The van der Waals surface area contributed by atoms with Crippen LogP contribution in [0, 0.1) is 0 Å². The number of ether oxygens (including phenoxy) is 3. The molecule has 0 amide bonds. The van der Waals surface area contributed by atoms with Gasteiger partial charge in [-0.3, -0.25) is 4.79 Å². The van der Waals surface area contributed by atoms with Crippen molar-refractivity contribution in [2.45, 2.75) is 0 Å². The van der Waals surface area contributed by atoms with Crippen LogP contribution < -0.4 is 19.8 Å². The van der Waals surface area contributed by atoms with Gasteiger partial charge in [-0.15, -0.1) is 5.10 Å². The lowest BCUT2D eigenvalue weighted by Gasteiger charge is -2.14. The number of hydrogen-bond donors (Lipinski definition) is 0. The zero-order valence-corrected chi connectivity index (χ0v) is 16.5. The van der Waals surface area contributed by atoms with Crippen LogP contribution in [0.1, 0.15) is 0 Å². The van der Waals surface area contributed by atoms with Gasteiger partial charge in [0.1, 0.15) is 11.4 Å². The fraction of sp³-hybridized carbons (Fsp3) is 0.190. The standard InChI is InChI=1S/C21H20N4O4/c1-24-16-8-6-5-7-13(16)11-17(21(24)26)25-12-15(22-23-25)14-9-10-18(27-2)20(29-4)19(14)28-3/h5-12H,1-4H3. The maximum absolute atomic E-state index is 12.8. The molecule has 0 saturated heterocycles. The summed E-state index contributed by atoms with van der Waals surface area (Å²) < 4.78 is 19.4. The summed E-state index contributed by atoms with van der Waals surface area (Å²) in [7, 11) is 6.39. The Morgan fingerprint density at radius 2 is 1.69 bits per heavy atom. The van der Waals surface area contributed by atoms with E-state index in [2.05, 4.69) is 10.3 Å². The molecule has 29 heavy (non-hydrogen) atoms. The van der Waals surface area contributed by atoms with E-state index in [1.165, 1.54) is 4.68 Å². The number of aryl methyl sites for hydroxylation is 1. The van der Waals surface area contributed by atoms with Crippen molar-refractivity contribution in [3.8, 4) is 34.2 Å². The molecular formula is C21H20N4O4. The molecule has 0 aliphatic rings. The second-order valence-corrected chi connectivity index (χ2v) is 6.38. The average molecular weight is 392 g/mol. The van der Waals surface area contributed by atoms with Crippen LogP contribution >= 0.6 is 0 Å². The molecule has 2 aromatic carbocycles. The minimum atomic E-state index is -0.167. The highest BCUT2D eigenvalue weighted by molar-refractivity contribution is 5.81. The summed E-state index contributed by atoms with van der Waals surface area (Å²) in [5, 5.41) is 9.35. The van der Waals surface area contributed by atoms with Gasteiger partial charge in [0.05, 0.1) is 33.0 Å². The molecule has 0 N–H and O–H groups in total. The number of rotatable bonds is 5. The average Bonchev–Trinajstić information content (AvgIpc) is 3.24. The maximum atomic E-state index is 12.8. The van der Waals surface area contributed by atoms with E-state index in [-0.39, 0.29) is 5.56 Å². The third kappa shape index (κ3) is 2.98. The molecule has 2 heterocycles. The number of fused-ring (bicyclic) bond motifs is 1. The topological polar surface area (TPSA) is 80.4 Å². The van der Waals surface area contributed by atoms with Gasteiger partial charge in [-0.05, 0) is 24.3 Å². The van der Waals surface area contributed by atoms with Crippen molar-refractivity contribution in [1.29, 1.82) is 0 Å². The Kier molecular flexibility index (Phi) is 4.67. The van der Waals surface area contributed by atoms with E-state index in [4.69, 9.17) is 14.2 Å². The van der Waals surface area contributed by atoms with Gasteiger partial charge in [0, 0.05) is 18.0 Å². The van der Waals surface area contributed by atoms with E-state index in [0.29, 0.717) is 34.2 Å². The van der Waals surface area contributed by atoms with Crippen molar-refractivity contribution in [3.63, 3.8) is 0 Å². The third-order valence-corrected chi connectivity index (χ3v) is 4.83. The second kappa shape index (κ2) is 7.31. The molecule has 0 spiro atoms. The monoisotopic (exact) mass is 392 g/mol. The highest BCUT2D eigenvalue weighted by atomic mass is 16.5. The van der Waals surface area contributed by atoms with Crippen molar-refractivity contribution in [3.05, 3.63) is 59.0 Å². The SMILES string of the molecule is COc1ccc(-c2cn(-c3cc4ccccc4n(C)c3=O)nn2)c(OC)c1OC. The van der Waals surface area contributed by atoms with Crippen LogP contribution in [-0.4, -0.2) is 40.9 Å². The highest BCUT2D eigenvalue weighted by Gasteiger charge is 2.20. The largest absolute Gasteiger partial charge is 0.493 e. The summed E-state index contributed by atoms with van der Waals surface area (Å²) in [6, 6.07) is 13.1. The Bertz CT molecular complexity index is 1260. The van der Waals surface area contributed by atoms with Gasteiger partial charge in [0.15, 0.2) is 11.5 Å². The number of aromatic nitrogens is 4. The zero-order valence-electron chi connectivity index (χ0n) is 16.5. The second-order valence-electron chi connectivity index (χ2n) is 6.38. The molecule has 148 valence electrons. The summed E-state index contributed by atoms with van der Waals surface area (Å²) in [6.45, 7) is 0. The van der Waals surface area contributed by atoms with Gasteiger partial charge >= 0.3 is 0 Å². The first-order valence-electron chi connectivity index (χ1n) is 8.90. The fourth-order valence-corrected chi connectivity index (χ4v) is 3.38. The highest BCUT2D eigenvalue weighted by Crippen LogP contribution is 2.43. The number of benzene rings is 2. The summed E-state index contributed by atoms with van der Waals surface area (Å²) in [5.74, 6) is 1.48. The number of nitrogens with zero attached hydrogens (tertiary/aromatic N) is 4. The van der Waals surface area contributed by atoms with Gasteiger partial charge in [-0.25, -0.2) is 4.68 Å². The molecule has 0 unspecified atom stereocenters. The number of pyridine rings is 1. The molecule has 4 rings (SSSR count). The molecule has 0 saturated carbocycles. The fourth-order valence-electron chi connectivity index (χ4n) is 3.38. The van der Waals surface area contributed by atoms with Crippen molar-refractivity contribution >= 4 is 10.9 Å². The molecule has 8 heteroatoms. The van der Waals surface area contributed by atoms with Crippen molar-refractivity contribution in [2.24, 2.45) is 7.05 Å². The number of para-hydroxylation sites is 1. The lowest BCUT2D eigenvalue weighted by Crippen LogP contribution is -2.22. The summed E-state index contributed by atoms with van der Waals surface area (Å²) >= 11 is 0. The van der Waals surface area contributed by atoms with Gasteiger partial charge in [-0.1, -0.05) is 23.4 Å². The lowest BCUT2D eigenvalue weighted by molar-refractivity contribution is 0.325. The van der Waals surface area contributed by atoms with E-state index in [0.717, 1.165) is 10.9 Å². The third-order valence-electron chi connectivity index (χ3n) is 4.83. The molecule has 0 fully saturated rings. The first-order chi connectivity index (χ1) is 14.1. The normalized spacial score (nSPS) is 10.9. The predicted octanol–water partition coefficient (Wildman–Crippen LogP) is 2.81. The van der Waals surface area contributed by atoms with Crippen LogP contribution in [0.3, 0.4) is 0 Å². The quantitative estimate of drug-likeness (QED) is 0.520. The molecular weight excluding hydrogens is 372 g/mol. The minimum Gasteiger partial charge on any atom is -0.493 e. The van der Waals surface area contributed by atoms with Gasteiger partial charge in [-0.2, -0.15) is 0 Å². The molecule has 0 aliphatic carbocycles. The summed E-state index contributed by atoms with van der Waals surface area (Å²) in [5.41, 5.74) is 2.30. The summed E-state index contributed by atoms with van der Waals surface area (Å²) in [6.07, 6.45) is 1.69. The van der Waals surface area contributed by atoms with Crippen LogP contribution in [0.15, 0.2) is 53.5 Å². The van der Waals surface area contributed by atoms with Gasteiger partial charge < -0.3 is 18.8 Å².